The zero-order valence-electron chi connectivity index (χ0n) is 10.2. The van der Waals surface area contributed by atoms with Crippen molar-refractivity contribution in [1.29, 1.82) is 0 Å². The first-order valence-corrected chi connectivity index (χ1v) is 6.82. The van der Waals surface area contributed by atoms with E-state index in [1.54, 1.807) is 12.1 Å². The molecule has 1 atom stereocenters. The predicted molar refractivity (Wildman–Crippen MR) is 78.2 cm³/mol. The molecule has 0 saturated carbocycles. The van der Waals surface area contributed by atoms with Gasteiger partial charge in [-0.2, -0.15) is 0 Å². The standard InChI is InChI=1S/C14H12BrClFNO/c1-8(18)9-2-4-14(12(16)6-9)19-13-5-3-10(17)7-11(13)15/h2-8H,18H2,1H3/t8-/m1/s1. The molecule has 0 fully saturated rings. The molecule has 0 bridgehead atoms. The molecule has 2 nitrogen and oxygen atoms in total. The molecule has 0 radical (unpaired) electrons. The highest BCUT2D eigenvalue weighted by molar-refractivity contribution is 9.10. The lowest BCUT2D eigenvalue weighted by atomic mass is 10.1. The molecule has 0 saturated heterocycles. The van der Waals surface area contributed by atoms with Crippen molar-refractivity contribution in [2.45, 2.75) is 13.0 Å². The van der Waals surface area contributed by atoms with Crippen LogP contribution in [0.25, 0.3) is 0 Å². The summed E-state index contributed by atoms with van der Waals surface area (Å²) in [4.78, 5) is 0. The first-order valence-electron chi connectivity index (χ1n) is 5.65. The number of hydrogen-bond acceptors (Lipinski definition) is 2. The zero-order chi connectivity index (χ0) is 14.0. The molecular formula is C14H12BrClFNO. The average molecular weight is 345 g/mol. The van der Waals surface area contributed by atoms with E-state index < -0.39 is 0 Å². The van der Waals surface area contributed by atoms with Crippen molar-refractivity contribution in [3.8, 4) is 11.5 Å². The van der Waals surface area contributed by atoms with Crippen LogP contribution in [-0.4, -0.2) is 0 Å². The smallest absolute Gasteiger partial charge is 0.146 e. The molecule has 0 unspecified atom stereocenters. The third-order valence-corrected chi connectivity index (χ3v) is 3.51. The Balaban J connectivity index is 2.28. The van der Waals surface area contributed by atoms with Gasteiger partial charge in [0.15, 0.2) is 0 Å². The minimum Gasteiger partial charge on any atom is -0.455 e. The van der Waals surface area contributed by atoms with Gasteiger partial charge in [0, 0.05) is 6.04 Å². The van der Waals surface area contributed by atoms with Gasteiger partial charge in [-0.3, -0.25) is 0 Å². The van der Waals surface area contributed by atoms with Crippen LogP contribution in [-0.2, 0) is 0 Å². The summed E-state index contributed by atoms with van der Waals surface area (Å²) in [6, 6.07) is 9.46. The van der Waals surface area contributed by atoms with Gasteiger partial charge < -0.3 is 10.5 Å². The van der Waals surface area contributed by atoms with E-state index in [2.05, 4.69) is 15.9 Å². The second kappa shape index (κ2) is 5.90. The number of hydrogen-bond donors (Lipinski definition) is 1. The number of halogens is 3. The largest absolute Gasteiger partial charge is 0.455 e. The van der Waals surface area contributed by atoms with Crippen molar-refractivity contribution in [2.75, 3.05) is 0 Å². The lowest BCUT2D eigenvalue weighted by Gasteiger charge is -2.12. The van der Waals surface area contributed by atoms with E-state index in [4.69, 9.17) is 22.1 Å². The maximum atomic E-state index is 13.0. The van der Waals surface area contributed by atoms with Crippen molar-refractivity contribution in [3.63, 3.8) is 0 Å². The number of nitrogens with two attached hydrogens (primary N) is 1. The molecule has 2 aromatic rings. The normalized spacial score (nSPS) is 12.3. The summed E-state index contributed by atoms with van der Waals surface area (Å²) in [6.07, 6.45) is 0. The van der Waals surface area contributed by atoms with E-state index in [-0.39, 0.29) is 11.9 Å². The van der Waals surface area contributed by atoms with Crippen molar-refractivity contribution < 1.29 is 9.13 Å². The highest BCUT2D eigenvalue weighted by Gasteiger charge is 2.09. The molecule has 2 aromatic carbocycles. The van der Waals surface area contributed by atoms with Crippen molar-refractivity contribution in [2.24, 2.45) is 5.73 Å². The Bertz CT molecular complexity index is 604. The molecule has 2 N–H and O–H groups in total. The SMILES string of the molecule is C[C@@H](N)c1ccc(Oc2ccc(F)cc2Br)c(Cl)c1. The molecule has 0 amide bonds. The van der Waals surface area contributed by atoms with Crippen molar-refractivity contribution >= 4 is 27.5 Å². The average Bonchev–Trinajstić information content (AvgIpc) is 2.34. The Morgan fingerprint density at radius 2 is 1.89 bits per heavy atom. The van der Waals surface area contributed by atoms with Crippen molar-refractivity contribution in [1.82, 2.24) is 0 Å². The van der Waals surface area contributed by atoms with Gasteiger partial charge in [-0.25, -0.2) is 4.39 Å². The Morgan fingerprint density at radius 3 is 2.47 bits per heavy atom. The zero-order valence-corrected chi connectivity index (χ0v) is 12.5. The van der Waals surface area contributed by atoms with Crippen LogP contribution in [0.5, 0.6) is 11.5 Å². The van der Waals surface area contributed by atoms with Crippen LogP contribution in [0.1, 0.15) is 18.5 Å². The van der Waals surface area contributed by atoms with Crippen LogP contribution < -0.4 is 10.5 Å². The van der Waals surface area contributed by atoms with E-state index in [1.165, 1.54) is 18.2 Å². The highest BCUT2D eigenvalue weighted by atomic mass is 79.9. The minimum atomic E-state index is -0.336. The monoisotopic (exact) mass is 343 g/mol. The summed E-state index contributed by atoms with van der Waals surface area (Å²) in [5.41, 5.74) is 6.70. The van der Waals surface area contributed by atoms with Gasteiger partial charge in [-0.1, -0.05) is 17.7 Å². The van der Waals surface area contributed by atoms with Gasteiger partial charge in [-0.15, -0.1) is 0 Å². The maximum absolute atomic E-state index is 13.0. The first-order chi connectivity index (χ1) is 8.97. The van der Waals surface area contributed by atoms with Gasteiger partial charge in [0.1, 0.15) is 17.3 Å². The second-order valence-corrected chi connectivity index (χ2v) is 5.42. The minimum absolute atomic E-state index is 0.0934. The predicted octanol–water partition coefficient (Wildman–Crippen LogP) is 5.05. The summed E-state index contributed by atoms with van der Waals surface area (Å²) in [6.45, 7) is 1.88. The lowest BCUT2D eigenvalue weighted by molar-refractivity contribution is 0.477. The molecule has 0 heterocycles. The Kier molecular flexibility index (Phi) is 4.45. The van der Waals surface area contributed by atoms with E-state index in [0.29, 0.717) is 21.0 Å². The number of rotatable bonds is 3. The molecule has 0 aliphatic heterocycles. The van der Waals surface area contributed by atoms with Crippen LogP contribution in [0.2, 0.25) is 5.02 Å². The summed E-state index contributed by atoms with van der Waals surface area (Å²) in [7, 11) is 0. The molecule has 100 valence electrons. The van der Waals surface area contributed by atoms with Crippen LogP contribution in [0, 0.1) is 5.82 Å². The Hall–Kier alpha value is -1.10. The molecular weight excluding hydrogens is 333 g/mol. The fraction of sp³-hybridized carbons (Fsp3) is 0.143. The van der Waals surface area contributed by atoms with Crippen molar-refractivity contribution in [3.05, 3.63) is 57.3 Å². The van der Waals surface area contributed by atoms with Gasteiger partial charge in [0.25, 0.3) is 0 Å². The summed E-state index contributed by atoms with van der Waals surface area (Å²) in [5.74, 6) is 0.660. The van der Waals surface area contributed by atoms with Gasteiger partial charge in [0.2, 0.25) is 0 Å². The summed E-state index contributed by atoms with van der Waals surface area (Å²) >= 11 is 9.38. The van der Waals surface area contributed by atoms with Gasteiger partial charge >= 0.3 is 0 Å². The fourth-order valence-corrected chi connectivity index (χ4v) is 2.22. The van der Waals surface area contributed by atoms with E-state index in [9.17, 15) is 4.39 Å². The summed E-state index contributed by atoms with van der Waals surface area (Å²) in [5, 5.41) is 0.464. The van der Waals surface area contributed by atoms with Crippen LogP contribution >= 0.6 is 27.5 Å². The summed E-state index contributed by atoms with van der Waals surface area (Å²) < 4.78 is 19.2. The topological polar surface area (TPSA) is 35.2 Å². The maximum Gasteiger partial charge on any atom is 0.146 e. The highest BCUT2D eigenvalue weighted by Crippen LogP contribution is 2.35. The number of ether oxygens (including phenoxy) is 1. The van der Waals surface area contributed by atoms with Crippen LogP contribution in [0.3, 0.4) is 0 Å². The van der Waals surface area contributed by atoms with E-state index in [0.717, 1.165) is 5.56 Å². The third-order valence-electron chi connectivity index (χ3n) is 2.60. The van der Waals surface area contributed by atoms with Crippen LogP contribution in [0.15, 0.2) is 40.9 Å². The molecule has 0 aliphatic carbocycles. The van der Waals surface area contributed by atoms with E-state index >= 15 is 0 Å². The molecule has 5 heteroatoms. The first kappa shape index (κ1) is 14.3. The third kappa shape index (κ3) is 3.47. The van der Waals surface area contributed by atoms with E-state index in [1.807, 2.05) is 13.0 Å². The quantitative estimate of drug-likeness (QED) is 0.845. The second-order valence-electron chi connectivity index (χ2n) is 4.16. The molecule has 0 spiro atoms. The number of benzene rings is 2. The Morgan fingerprint density at radius 1 is 1.21 bits per heavy atom. The lowest BCUT2D eigenvalue weighted by Crippen LogP contribution is -2.04. The fourth-order valence-electron chi connectivity index (χ4n) is 1.56. The van der Waals surface area contributed by atoms with Gasteiger partial charge in [0.05, 0.1) is 9.50 Å². The molecule has 0 aliphatic rings. The van der Waals surface area contributed by atoms with Crippen LogP contribution in [0.4, 0.5) is 4.39 Å². The molecule has 0 aromatic heterocycles. The van der Waals surface area contributed by atoms with Gasteiger partial charge in [-0.05, 0) is 58.7 Å². The Labute approximate surface area is 124 Å². The molecule has 19 heavy (non-hydrogen) atoms. The molecule has 2 rings (SSSR count).